The Balaban J connectivity index is 1.80. The number of rotatable bonds is 7. The zero-order chi connectivity index (χ0) is 21.8. The second-order valence-electron chi connectivity index (χ2n) is 7.10. The first-order valence-corrected chi connectivity index (χ1v) is 9.23. The van der Waals surface area contributed by atoms with E-state index in [0.717, 1.165) is 11.6 Å². The van der Waals surface area contributed by atoms with Crippen LogP contribution in [-0.4, -0.2) is 20.1 Å². The quantitative estimate of drug-likeness (QED) is 0.634. The zero-order valence-corrected chi connectivity index (χ0v) is 16.5. The SMILES string of the molecule is CC(C)C(O)(c1cncnc1)C(F)(F)c1ccc(OCc2ccc(C#N)cc2)cn1. The van der Waals surface area contributed by atoms with Gasteiger partial charge < -0.3 is 9.84 Å². The second kappa shape index (κ2) is 8.51. The molecule has 1 aromatic carbocycles. The van der Waals surface area contributed by atoms with Crippen molar-refractivity contribution in [3.63, 3.8) is 0 Å². The van der Waals surface area contributed by atoms with Gasteiger partial charge in [-0.1, -0.05) is 26.0 Å². The van der Waals surface area contributed by atoms with Crippen LogP contribution >= 0.6 is 0 Å². The Morgan fingerprint density at radius 3 is 2.27 bits per heavy atom. The molecule has 154 valence electrons. The van der Waals surface area contributed by atoms with Crippen molar-refractivity contribution in [1.29, 1.82) is 5.26 Å². The summed E-state index contributed by atoms with van der Waals surface area (Å²) < 4.78 is 36.3. The molecule has 0 bridgehead atoms. The van der Waals surface area contributed by atoms with Gasteiger partial charge in [0.1, 0.15) is 24.4 Å². The van der Waals surface area contributed by atoms with Crippen molar-refractivity contribution >= 4 is 0 Å². The first-order chi connectivity index (χ1) is 14.3. The fraction of sp³-hybridized carbons (Fsp3) is 0.273. The topological polar surface area (TPSA) is 91.9 Å². The Hall–Kier alpha value is -3.44. The van der Waals surface area contributed by atoms with Crippen molar-refractivity contribution in [3.05, 3.63) is 83.7 Å². The Bertz CT molecular complexity index is 1020. The van der Waals surface area contributed by atoms with E-state index in [1.165, 1.54) is 44.8 Å². The highest BCUT2D eigenvalue weighted by molar-refractivity contribution is 5.32. The van der Waals surface area contributed by atoms with Gasteiger partial charge in [-0.2, -0.15) is 14.0 Å². The lowest BCUT2D eigenvalue weighted by atomic mass is 9.78. The summed E-state index contributed by atoms with van der Waals surface area (Å²) in [7, 11) is 0. The molecule has 0 spiro atoms. The summed E-state index contributed by atoms with van der Waals surface area (Å²) in [4.78, 5) is 11.4. The third-order valence-electron chi connectivity index (χ3n) is 4.86. The molecular formula is C22H20F2N4O2. The van der Waals surface area contributed by atoms with Gasteiger partial charge in [-0.25, -0.2) is 9.97 Å². The zero-order valence-electron chi connectivity index (χ0n) is 16.5. The standard InChI is InChI=1S/C22H20F2N4O2/c1-15(2)21(29,18-10-26-14-27-11-18)22(23,24)20-8-7-19(12-28-20)30-13-17-5-3-16(9-25)4-6-17/h3-8,10-12,14-15,29H,13H2,1-2H3. The molecule has 3 aromatic rings. The number of nitriles is 1. The lowest BCUT2D eigenvalue weighted by Crippen LogP contribution is -2.48. The molecule has 0 saturated heterocycles. The Kier molecular flexibility index (Phi) is 6.04. The molecule has 1 atom stereocenters. The van der Waals surface area contributed by atoms with E-state index < -0.39 is 23.1 Å². The Morgan fingerprint density at radius 2 is 1.73 bits per heavy atom. The highest BCUT2D eigenvalue weighted by Gasteiger charge is 2.58. The van der Waals surface area contributed by atoms with E-state index in [0.29, 0.717) is 11.3 Å². The molecule has 0 aliphatic heterocycles. The fourth-order valence-corrected chi connectivity index (χ4v) is 3.06. The largest absolute Gasteiger partial charge is 0.487 e. The van der Waals surface area contributed by atoms with Crippen molar-refractivity contribution in [2.45, 2.75) is 32.0 Å². The van der Waals surface area contributed by atoms with E-state index in [1.54, 1.807) is 24.3 Å². The van der Waals surface area contributed by atoms with Gasteiger partial charge in [-0.15, -0.1) is 0 Å². The molecule has 6 nitrogen and oxygen atoms in total. The average Bonchev–Trinajstić information content (AvgIpc) is 2.78. The molecule has 8 heteroatoms. The van der Waals surface area contributed by atoms with Crippen LogP contribution in [0.5, 0.6) is 5.75 Å². The summed E-state index contributed by atoms with van der Waals surface area (Å²) in [6, 6.07) is 11.4. The lowest BCUT2D eigenvalue weighted by Gasteiger charge is -2.38. The smallest absolute Gasteiger partial charge is 0.322 e. The van der Waals surface area contributed by atoms with Crippen LogP contribution < -0.4 is 4.74 Å². The third kappa shape index (κ3) is 3.98. The number of aromatic nitrogens is 3. The number of benzene rings is 1. The van der Waals surface area contributed by atoms with Crippen LogP contribution in [0.1, 0.15) is 36.2 Å². The summed E-state index contributed by atoms with van der Waals surface area (Å²) in [5.41, 5.74) is -1.86. The second-order valence-corrected chi connectivity index (χ2v) is 7.10. The summed E-state index contributed by atoms with van der Waals surface area (Å²) in [6.45, 7) is 3.19. The molecule has 30 heavy (non-hydrogen) atoms. The van der Waals surface area contributed by atoms with Gasteiger partial charge in [-0.3, -0.25) is 4.98 Å². The monoisotopic (exact) mass is 410 g/mol. The number of ether oxygens (including phenoxy) is 1. The van der Waals surface area contributed by atoms with Crippen LogP contribution in [0.15, 0.2) is 61.3 Å². The predicted octanol–water partition coefficient (Wildman–Crippen LogP) is 3.96. The normalized spacial score (nSPS) is 13.5. The Labute approximate surface area is 172 Å². The summed E-state index contributed by atoms with van der Waals surface area (Å²) in [5, 5.41) is 19.8. The van der Waals surface area contributed by atoms with E-state index in [1.807, 2.05) is 6.07 Å². The maximum atomic E-state index is 15.4. The highest BCUT2D eigenvalue weighted by Crippen LogP contribution is 2.48. The number of hydrogen-bond donors (Lipinski definition) is 1. The molecule has 0 fully saturated rings. The van der Waals surface area contributed by atoms with Gasteiger partial charge in [0.05, 0.1) is 17.8 Å². The highest BCUT2D eigenvalue weighted by atomic mass is 19.3. The molecule has 3 rings (SSSR count). The first-order valence-electron chi connectivity index (χ1n) is 9.23. The van der Waals surface area contributed by atoms with Crippen molar-refractivity contribution in [2.75, 3.05) is 0 Å². The van der Waals surface area contributed by atoms with Gasteiger partial charge in [0.15, 0.2) is 5.60 Å². The lowest BCUT2D eigenvalue weighted by molar-refractivity contribution is -0.220. The van der Waals surface area contributed by atoms with Crippen LogP contribution in [-0.2, 0) is 18.1 Å². The van der Waals surface area contributed by atoms with E-state index in [2.05, 4.69) is 15.0 Å². The van der Waals surface area contributed by atoms with Crippen LogP contribution in [0.2, 0.25) is 0 Å². The van der Waals surface area contributed by atoms with Crippen molar-refractivity contribution < 1.29 is 18.6 Å². The van der Waals surface area contributed by atoms with Gasteiger partial charge in [0.25, 0.3) is 0 Å². The van der Waals surface area contributed by atoms with Crippen molar-refractivity contribution in [3.8, 4) is 11.8 Å². The molecular weight excluding hydrogens is 390 g/mol. The van der Waals surface area contributed by atoms with Crippen LogP contribution in [0.3, 0.4) is 0 Å². The first kappa shape index (κ1) is 21.3. The van der Waals surface area contributed by atoms with Gasteiger partial charge in [0, 0.05) is 18.0 Å². The number of aliphatic hydroxyl groups is 1. The maximum Gasteiger partial charge on any atom is 0.322 e. The third-order valence-corrected chi connectivity index (χ3v) is 4.86. The summed E-state index contributed by atoms with van der Waals surface area (Å²) in [6.07, 6.45) is 4.75. The van der Waals surface area contributed by atoms with Crippen LogP contribution in [0.25, 0.3) is 0 Å². The van der Waals surface area contributed by atoms with Crippen molar-refractivity contribution in [2.24, 2.45) is 5.92 Å². The number of alkyl halides is 2. The minimum atomic E-state index is -3.70. The molecule has 1 N–H and O–H groups in total. The van der Waals surface area contributed by atoms with E-state index in [4.69, 9.17) is 10.00 Å². The minimum Gasteiger partial charge on any atom is -0.487 e. The summed E-state index contributed by atoms with van der Waals surface area (Å²) >= 11 is 0. The van der Waals surface area contributed by atoms with Gasteiger partial charge >= 0.3 is 5.92 Å². The minimum absolute atomic E-state index is 0.0899. The van der Waals surface area contributed by atoms with E-state index >= 15 is 8.78 Å². The summed E-state index contributed by atoms with van der Waals surface area (Å²) in [5.74, 6) is -4.24. The Morgan fingerprint density at radius 1 is 1.07 bits per heavy atom. The number of pyridine rings is 1. The number of halogens is 2. The number of hydrogen-bond acceptors (Lipinski definition) is 6. The average molecular weight is 410 g/mol. The maximum absolute atomic E-state index is 15.4. The van der Waals surface area contributed by atoms with Crippen molar-refractivity contribution in [1.82, 2.24) is 15.0 Å². The van der Waals surface area contributed by atoms with E-state index in [9.17, 15) is 5.11 Å². The van der Waals surface area contributed by atoms with Crippen LogP contribution in [0, 0.1) is 17.2 Å². The number of nitrogens with zero attached hydrogens (tertiary/aromatic N) is 4. The molecule has 0 saturated carbocycles. The fourth-order valence-electron chi connectivity index (χ4n) is 3.06. The van der Waals surface area contributed by atoms with Gasteiger partial charge in [0.2, 0.25) is 0 Å². The van der Waals surface area contributed by atoms with E-state index in [-0.39, 0.29) is 12.2 Å². The predicted molar refractivity (Wildman–Crippen MR) is 104 cm³/mol. The van der Waals surface area contributed by atoms with Crippen LogP contribution in [0.4, 0.5) is 8.78 Å². The molecule has 1 unspecified atom stereocenters. The molecule has 0 aliphatic carbocycles. The molecule has 0 aliphatic rings. The molecule has 2 heterocycles. The molecule has 0 amide bonds. The molecule has 2 aromatic heterocycles. The van der Waals surface area contributed by atoms with Gasteiger partial charge in [-0.05, 0) is 35.7 Å². The molecule has 0 radical (unpaired) electrons.